The second-order valence-corrected chi connectivity index (χ2v) is 2.68. The molecule has 1 N–H and O–H groups in total. The van der Waals surface area contributed by atoms with Crippen molar-refractivity contribution in [3.8, 4) is 0 Å². The molecule has 1 aliphatic carbocycles. The van der Waals surface area contributed by atoms with E-state index in [2.05, 4.69) is 11.1 Å². The minimum absolute atomic E-state index is 0. The molecular formula is C9H11Cl2NO. The summed E-state index contributed by atoms with van der Waals surface area (Å²) in [4.78, 5) is 14.3. The molecule has 0 amide bonds. The highest BCUT2D eigenvalue weighted by Crippen LogP contribution is 2.11. The van der Waals surface area contributed by atoms with Gasteiger partial charge in [-0.3, -0.25) is 4.79 Å². The van der Waals surface area contributed by atoms with Crippen molar-refractivity contribution in [2.45, 2.75) is 12.8 Å². The normalized spacial score (nSPS) is 12.3. The number of pyridine rings is 1. The van der Waals surface area contributed by atoms with Gasteiger partial charge in [-0.1, -0.05) is 6.08 Å². The lowest BCUT2D eigenvalue weighted by Crippen LogP contribution is -2.12. The molecule has 4 heteroatoms. The van der Waals surface area contributed by atoms with E-state index in [0.717, 1.165) is 24.1 Å². The first-order valence-corrected chi connectivity index (χ1v) is 3.75. The van der Waals surface area contributed by atoms with Crippen molar-refractivity contribution < 1.29 is 0 Å². The van der Waals surface area contributed by atoms with Crippen LogP contribution in [0.25, 0.3) is 6.08 Å². The summed E-state index contributed by atoms with van der Waals surface area (Å²) in [6.45, 7) is 0. The van der Waals surface area contributed by atoms with Crippen LogP contribution in [0.5, 0.6) is 0 Å². The Morgan fingerprint density at radius 3 is 2.77 bits per heavy atom. The molecule has 0 aromatic carbocycles. The van der Waals surface area contributed by atoms with E-state index in [9.17, 15) is 4.79 Å². The van der Waals surface area contributed by atoms with Crippen molar-refractivity contribution in [2.24, 2.45) is 0 Å². The van der Waals surface area contributed by atoms with Gasteiger partial charge in [0.05, 0.1) is 0 Å². The van der Waals surface area contributed by atoms with Gasteiger partial charge in [-0.2, -0.15) is 0 Å². The smallest absolute Gasteiger partial charge is 0.185 e. The van der Waals surface area contributed by atoms with Crippen LogP contribution in [0.3, 0.4) is 0 Å². The minimum Gasteiger partial charge on any atom is -0.361 e. The van der Waals surface area contributed by atoms with Crippen LogP contribution < -0.4 is 5.43 Å². The number of rotatable bonds is 0. The molecule has 2 rings (SSSR count). The van der Waals surface area contributed by atoms with Crippen molar-refractivity contribution in [2.75, 3.05) is 0 Å². The van der Waals surface area contributed by atoms with Crippen molar-refractivity contribution in [3.63, 3.8) is 0 Å². The van der Waals surface area contributed by atoms with Gasteiger partial charge in [0.2, 0.25) is 0 Å². The van der Waals surface area contributed by atoms with Gasteiger partial charge in [0.25, 0.3) is 0 Å². The Labute approximate surface area is 88.9 Å². The first-order chi connectivity index (χ1) is 5.38. The van der Waals surface area contributed by atoms with E-state index in [-0.39, 0.29) is 30.2 Å². The highest BCUT2D eigenvalue weighted by molar-refractivity contribution is 5.85. The van der Waals surface area contributed by atoms with Crippen LogP contribution in [0.2, 0.25) is 0 Å². The number of hydrogen-bond donors (Lipinski definition) is 1. The average Bonchev–Trinajstić information content (AvgIpc) is 2.06. The molecule has 0 unspecified atom stereocenters. The zero-order valence-electron chi connectivity index (χ0n) is 6.95. The molecule has 0 spiro atoms. The lowest BCUT2D eigenvalue weighted by Gasteiger charge is -2.07. The number of halogens is 2. The summed E-state index contributed by atoms with van der Waals surface area (Å²) < 4.78 is 0. The fraction of sp³-hybridized carbons (Fsp3) is 0.222. The molecule has 0 saturated carbocycles. The van der Waals surface area contributed by atoms with Gasteiger partial charge in [-0.15, -0.1) is 24.8 Å². The van der Waals surface area contributed by atoms with Crippen LogP contribution in [-0.4, -0.2) is 4.98 Å². The topological polar surface area (TPSA) is 32.9 Å². The Morgan fingerprint density at radius 2 is 2.08 bits per heavy atom. The maximum Gasteiger partial charge on any atom is 0.185 e. The average molecular weight is 220 g/mol. The van der Waals surface area contributed by atoms with Crippen molar-refractivity contribution in [3.05, 3.63) is 39.8 Å². The lowest BCUT2D eigenvalue weighted by atomic mass is 10.0. The third kappa shape index (κ3) is 2.36. The lowest BCUT2D eigenvalue weighted by molar-refractivity contribution is 0.951. The predicted octanol–water partition coefficient (Wildman–Crippen LogP) is 2.18. The molecule has 1 heterocycles. The summed E-state index contributed by atoms with van der Waals surface area (Å²) in [5, 5.41) is 0. The van der Waals surface area contributed by atoms with Crippen LogP contribution in [0.1, 0.15) is 17.7 Å². The minimum atomic E-state index is 0. The number of aromatic nitrogens is 1. The standard InChI is InChI=1S/C9H9NO.2ClH/c11-9-5-6-10-8-4-2-1-3-7(8)9;;/h2,4-6H,1,3H2,(H,10,11);2*1H. The van der Waals surface area contributed by atoms with Gasteiger partial charge < -0.3 is 4.98 Å². The number of fused-ring (bicyclic) bond motifs is 1. The molecule has 1 aliphatic rings. The van der Waals surface area contributed by atoms with Crippen LogP contribution in [0.4, 0.5) is 0 Å². The number of allylic oxidation sites excluding steroid dienone is 1. The summed E-state index contributed by atoms with van der Waals surface area (Å²) in [7, 11) is 0. The molecule has 1 aromatic heterocycles. The summed E-state index contributed by atoms with van der Waals surface area (Å²) in [6, 6.07) is 1.58. The van der Waals surface area contributed by atoms with E-state index < -0.39 is 0 Å². The maximum atomic E-state index is 11.2. The van der Waals surface area contributed by atoms with E-state index in [1.54, 1.807) is 12.3 Å². The van der Waals surface area contributed by atoms with E-state index in [4.69, 9.17) is 0 Å². The molecule has 0 atom stereocenters. The van der Waals surface area contributed by atoms with E-state index >= 15 is 0 Å². The van der Waals surface area contributed by atoms with Crippen LogP contribution in [0.15, 0.2) is 23.1 Å². The molecule has 72 valence electrons. The number of aromatic amines is 1. The maximum absolute atomic E-state index is 11.2. The second-order valence-electron chi connectivity index (χ2n) is 2.68. The Balaban J connectivity index is 0.000000720. The first kappa shape index (κ1) is 12.3. The Morgan fingerprint density at radius 1 is 1.31 bits per heavy atom. The van der Waals surface area contributed by atoms with Gasteiger partial charge in [-0.25, -0.2) is 0 Å². The largest absolute Gasteiger partial charge is 0.361 e. The zero-order chi connectivity index (χ0) is 7.68. The van der Waals surface area contributed by atoms with Crippen LogP contribution >= 0.6 is 24.8 Å². The molecular weight excluding hydrogens is 209 g/mol. The fourth-order valence-corrected chi connectivity index (χ4v) is 1.36. The Bertz CT molecular complexity index is 357. The fourth-order valence-electron chi connectivity index (χ4n) is 1.36. The molecule has 0 aliphatic heterocycles. The van der Waals surface area contributed by atoms with Crippen molar-refractivity contribution in [1.29, 1.82) is 0 Å². The van der Waals surface area contributed by atoms with Gasteiger partial charge in [-0.05, 0) is 18.9 Å². The zero-order valence-corrected chi connectivity index (χ0v) is 8.58. The molecule has 13 heavy (non-hydrogen) atoms. The number of nitrogens with one attached hydrogen (secondary N) is 1. The van der Waals surface area contributed by atoms with Crippen molar-refractivity contribution in [1.82, 2.24) is 4.98 Å². The van der Waals surface area contributed by atoms with Crippen LogP contribution in [0, 0.1) is 0 Å². The molecule has 0 saturated heterocycles. The monoisotopic (exact) mass is 219 g/mol. The van der Waals surface area contributed by atoms with Gasteiger partial charge in [0, 0.05) is 23.5 Å². The van der Waals surface area contributed by atoms with E-state index in [1.165, 1.54) is 0 Å². The molecule has 2 nitrogen and oxygen atoms in total. The highest BCUT2D eigenvalue weighted by Gasteiger charge is 2.06. The second kappa shape index (κ2) is 5.10. The van der Waals surface area contributed by atoms with Crippen LogP contribution in [-0.2, 0) is 6.42 Å². The van der Waals surface area contributed by atoms with E-state index in [0.29, 0.717) is 0 Å². The Kier molecular flexibility index (Phi) is 4.81. The molecule has 0 fully saturated rings. The predicted molar refractivity (Wildman–Crippen MR) is 58.9 cm³/mol. The Hall–Kier alpha value is -0.730. The molecule has 0 radical (unpaired) electrons. The third-order valence-corrected chi connectivity index (χ3v) is 1.94. The number of hydrogen-bond acceptors (Lipinski definition) is 1. The quantitative estimate of drug-likeness (QED) is 0.714. The summed E-state index contributed by atoms with van der Waals surface area (Å²) in [5.41, 5.74) is 2.06. The number of H-pyrrole nitrogens is 1. The van der Waals surface area contributed by atoms with Gasteiger partial charge in [0.15, 0.2) is 5.43 Å². The van der Waals surface area contributed by atoms with E-state index in [1.807, 2.05) is 6.08 Å². The van der Waals surface area contributed by atoms with Gasteiger partial charge >= 0.3 is 0 Å². The first-order valence-electron chi connectivity index (χ1n) is 3.75. The summed E-state index contributed by atoms with van der Waals surface area (Å²) in [6.07, 6.45) is 7.61. The summed E-state index contributed by atoms with van der Waals surface area (Å²) >= 11 is 0. The summed E-state index contributed by atoms with van der Waals surface area (Å²) in [5.74, 6) is 0. The van der Waals surface area contributed by atoms with Gasteiger partial charge in [0.1, 0.15) is 0 Å². The highest BCUT2D eigenvalue weighted by atomic mass is 35.5. The third-order valence-electron chi connectivity index (χ3n) is 1.94. The molecule has 1 aromatic rings. The molecule has 0 bridgehead atoms. The SMILES string of the molecule is Cl.Cl.O=c1cc[nH]c2c1CCC=C2. The van der Waals surface area contributed by atoms with Crippen molar-refractivity contribution >= 4 is 30.9 Å².